The minimum Gasteiger partial charge on any atom is -0.297 e. The molecule has 0 aromatic heterocycles. The van der Waals surface area contributed by atoms with E-state index in [0.717, 1.165) is 22.8 Å². The van der Waals surface area contributed by atoms with Crippen molar-refractivity contribution in [1.29, 1.82) is 0 Å². The monoisotopic (exact) mass is 257 g/mol. The number of hydrogen-bond acceptors (Lipinski definition) is 1. The highest BCUT2D eigenvalue weighted by Crippen LogP contribution is 2.40. The SMILES string of the molecule is BrC1CC2CCC(C1)N2CCC1CC1. The Balaban J connectivity index is 1.57. The van der Waals surface area contributed by atoms with Crippen LogP contribution in [0.2, 0.25) is 0 Å². The summed E-state index contributed by atoms with van der Waals surface area (Å²) in [5.41, 5.74) is 0. The van der Waals surface area contributed by atoms with Crippen molar-refractivity contribution in [2.45, 2.75) is 61.9 Å². The molecule has 0 aromatic carbocycles. The van der Waals surface area contributed by atoms with Crippen LogP contribution in [0.25, 0.3) is 0 Å². The zero-order chi connectivity index (χ0) is 9.54. The van der Waals surface area contributed by atoms with Crippen molar-refractivity contribution in [3.05, 3.63) is 0 Å². The van der Waals surface area contributed by atoms with Gasteiger partial charge in [0.25, 0.3) is 0 Å². The van der Waals surface area contributed by atoms with Gasteiger partial charge in [-0.25, -0.2) is 0 Å². The number of fused-ring (bicyclic) bond motifs is 2. The molecule has 2 heterocycles. The van der Waals surface area contributed by atoms with E-state index < -0.39 is 0 Å². The van der Waals surface area contributed by atoms with Gasteiger partial charge in [-0.1, -0.05) is 28.8 Å². The van der Waals surface area contributed by atoms with Crippen LogP contribution < -0.4 is 0 Å². The number of hydrogen-bond donors (Lipinski definition) is 0. The largest absolute Gasteiger partial charge is 0.297 e. The number of nitrogens with zero attached hydrogens (tertiary/aromatic N) is 1. The molecule has 0 radical (unpaired) electrons. The molecular formula is C12H20BrN. The second-order valence-corrected chi connectivity index (χ2v) is 6.72. The molecule has 1 nitrogen and oxygen atoms in total. The lowest BCUT2D eigenvalue weighted by atomic mass is 10.0. The van der Waals surface area contributed by atoms with Gasteiger partial charge in [-0.15, -0.1) is 0 Å². The van der Waals surface area contributed by atoms with Crippen molar-refractivity contribution in [3.63, 3.8) is 0 Å². The molecule has 0 spiro atoms. The summed E-state index contributed by atoms with van der Waals surface area (Å²) in [5.74, 6) is 1.11. The van der Waals surface area contributed by atoms with Gasteiger partial charge in [0, 0.05) is 16.9 Å². The van der Waals surface area contributed by atoms with Gasteiger partial charge in [0.2, 0.25) is 0 Å². The Hall–Kier alpha value is 0.440. The van der Waals surface area contributed by atoms with E-state index in [2.05, 4.69) is 20.8 Å². The second kappa shape index (κ2) is 3.79. The molecule has 2 heteroatoms. The second-order valence-electron chi connectivity index (χ2n) is 5.42. The first kappa shape index (κ1) is 9.65. The first-order chi connectivity index (χ1) is 6.83. The average molecular weight is 258 g/mol. The summed E-state index contributed by atoms with van der Waals surface area (Å²) in [6, 6.07) is 1.86. The Morgan fingerprint density at radius 1 is 1.00 bits per heavy atom. The van der Waals surface area contributed by atoms with Crippen LogP contribution in [0.4, 0.5) is 0 Å². The summed E-state index contributed by atoms with van der Waals surface area (Å²) in [5, 5.41) is 0. The van der Waals surface area contributed by atoms with E-state index in [1.54, 1.807) is 0 Å². The van der Waals surface area contributed by atoms with E-state index in [1.807, 2.05) is 0 Å². The predicted octanol–water partition coefficient (Wildman–Crippen LogP) is 3.18. The van der Waals surface area contributed by atoms with Crippen LogP contribution in [0.5, 0.6) is 0 Å². The van der Waals surface area contributed by atoms with Gasteiger partial charge in [0.15, 0.2) is 0 Å². The fourth-order valence-electron chi connectivity index (χ4n) is 3.31. The molecule has 3 rings (SSSR count). The van der Waals surface area contributed by atoms with Gasteiger partial charge in [0.1, 0.15) is 0 Å². The van der Waals surface area contributed by atoms with E-state index in [9.17, 15) is 0 Å². The Bertz CT molecular complexity index is 200. The lowest BCUT2D eigenvalue weighted by molar-refractivity contribution is 0.141. The molecule has 2 bridgehead atoms. The van der Waals surface area contributed by atoms with Crippen molar-refractivity contribution >= 4 is 15.9 Å². The Morgan fingerprint density at radius 3 is 2.21 bits per heavy atom. The van der Waals surface area contributed by atoms with E-state index in [0.29, 0.717) is 0 Å². The van der Waals surface area contributed by atoms with Gasteiger partial charge in [-0.05, 0) is 44.6 Å². The number of halogens is 1. The maximum atomic E-state index is 3.80. The lowest BCUT2D eigenvalue weighted by Crippen LogP contribution is -2.43. The van der Waals surface area contributed by atoms with Crippen LogP contribution in [0.3, 0.4) is 0 Å². The van der Waals surface area contributed by atoms with Gasteiger partial charge in [-0.2, -0.15) is 0 Å². The third-order valence-corrected chi connectivity index (χ3v) is 5.07. The summed E-state index contributed by atoms with van der Waals surface area (Å²) in [4.78, 5) is 3.65. The minimum absolute atomic E-state index is 0.817. The highest BCUT2D eigenvalue weighted by Gasteiger charge is 2.39. The molecule has 3 fully saturated rings. The molecule has 0 N–H and O–H groups in total. The molecule has 14 heavy (non-hydrogen) atoms. The maximum absolute atomic E-state index is 3.80. The van der Waals surface area contributed by atoms with Crippen molar-refractivity contribution in [1.82, 2.24) is 4.90 Å². The zero-order valence-corrected chi connectivity index (χ0v) is 10.4. The maximum Gasteiger partial charge on any atom is 0.0175 e. The smallest absolute Gasteiger partial charge is 0.0175 e. The Morgan fingerprint density at radius 2 is 1.64 bits per heavy atom. The van der Waals surface area contributed by atoms with Gasteiger partial charge < -0.3 is 0 Å². The van der Waals surface area contributed by atoms with Crippen LogP contribution >= 0.6 is 15.9 Å². The fraction of sp³-hybridized carbons (Fsp3) is 1.00. The van der Waals surface area contributed by atoms with Gasteiger partial charge in [-0.3, -0.25) is 4.90 Å². The van der Waals surface area contributed by atoms with E-state index in [-0.39, 0.29) is 0 Å². The van der Waals surface area contributed by atoms with Crippen LogP contribution in [0.1, 0.15) is 44.9 Å². The Labute approximate surface area is 95.4 Å². The first-order valence-electron chi connectivity index (χ1n) is 6.23. The molecular weight excluding hydrogens is 238 g/mol. The van der Waals surface area contributed by atoms with Crippen LogP contribution in [0.15, 0.2) is 0 Å². The third kappa shape index (κ3) is 1.88. The van der Waals surface area contributed by atoms with Crippen LogP contribution in [0, 0.1) is 5.92 Å². The minimum atomic E-state index is 0.817. The van der Waals surface area contributed by atoms with Gasteiger partial charge in [0.05, 0.1) is 0 Å². The van der Waals surface area contributed by atoms with E-state index >= 15 is 0 Å². The Kier molecular flexibility index (Phi) is 2.61. The number of piperidine rings is 1. The van der Waals surface area contributed by atoms with Gasteiger partial charge >= 0.3 is 0 Å². The highest BCUT2D eigenvalue weighted by molar-refractivity contribution is 9.09. The van der Waals surface area contributed by atoms with Crippen molar-refractivity contribution < 1.29 is 0 Å². The normalized spacial score (nSPS) is 43.1. The topological polar surface area (TPSA) is 3.24 Å². The third-order valence-electron chi connectivity index (χ3n) is 4.32. The molecule has 3 aliphatic rings. The molecule has 2 saturated heterocycles. The molecule has 1 saturated carbocycles. The molecule has 2 aliphatic heterocycles. The summed E-state index contributed by atoms with van der Waals surface area (Å²) in [7, 11) is 0. The van der Waals surface area contributed by atoms with Crippen LogP contribution in [-0.4, -0.2) is 28.4 Å². The summed E-state index contributed by atoms with van der Waals surface area (Å²) < 4.78 is 0. The molecule has 0 amide bonds. The summed E-state index contributed by atoms with van der Waals surface area (Å²) >= 11 is 3.80. The summed E-state index contributed by atoms with van der Waals surface area (Å²) in [6.07, 6.45) is 10.3. The highest BCUT2D eigenvalue weighted by atomic mass is 79.9. The molecule has 0 aromatic rings. The zero-order valence-electron chi connectivity index (χ0n) is 8.79. The summed E-state index contributed by atoms with van der Waals surface area (Å²) in [6.45, 7) is 1.40. The predicted molar refractivity (Wildman–Crippen MR) is 62.8 cm³/mol. The lowest BCUT2D eigenvalue weighted by Gasteiger charge is -2.37. The molecule has 2 atom stereocenters. The van der Waals surface area contributed by atoms with Crippen molar-refractivity contribution in [2.75, 3.05) is 6.54 Å². The average Bonchev–Trinajstić information content (AvgIpc) is 2.92. The van der Waals surface area contributed by atoms with Crippen LogP contribution in [-0.2, 0) is 0 Å². The van der Waals surface area contributed by atoms with Crippen molar-refractivity contribution in [3.8, 4) is 0 Å². The standard InChI is InChI=1S/C12H20BrN/c13-10-7-11-3-4-12(8-10)14(11)6-5-9-1-2-9/h9-12H,1-8H2. The molecule has 80 valence electrons. The quantitative estimate of drug-likeness (QED) is 0.703. The fourth-order valence-corrected chi connectivity index (χ4v) is 4.17. The molecule has 1 aliphatic carbocycles. The van der Waals surface area contributed by atoms with E-state index in [1.165, 1.54) is 51.5 Å². The number of alkyl halides is 1. The first-order valence-corrected chi connectivity index (χ1v) is 7.14. The number of rotatable bonds is 3. The molecule has 2 unspecified atom stereocenters. The van der Waals surface area contributed by atoms with E-state index in [4.69, 9.17) is 0 Å². The van der Waals surface area contributed by atoms with Crippen molar-refractivity contribution in [2.24, 2.45) is 5.92 Å².